The minimum Gasteiger partial charge on any atom is -0.492 e. The van der Waals surface area contributed by atoms with E-state index in [4.69, 9.17) is 23.4 Å². The van der Waals surface area contributed by atoms with Gasteiger partial charge in [-0.05, 0) is 24.3 Å². The van der Waals surface area contributed by atoms with Crippen LogP contribution in [0.2, 0.25) is 0 Å². The number of fused-ring (bicyclic) bond motifs is 1. The Morgan fingerprint density at radius 1 is 0.879 bits per heavy atom. The van der Waals surface area contributed by atoms with Gasteiger partial charge < -0.3 is 28.3 Å². The number of hydrogen-bond donors (Lipinski definition) is 0. The van der Waals surface area contributed by atoms with E-state index >= 15 is 0 Å². The highest BCUT2D eigenvalue weighted by molar-refractivity contribution is 5.92. The van der Waals surface area contributed by atoms with E-state index in [9.17, 15) is 19.2 Å². The first-order valence-corrected chi connectivity index (χ1v) is 9.66. The maximum Gasteiger partial charge on any atom is 0.414 e. The Morgan fingerprint density at radius 3 is 2.06 bits per heavy atom. The number of hydrogen-bond acceptors (Lipinski definition) is 9. The van der Waals surface area contributed by atoms with Crippen molar-refractivity contribution in [2.24, 2.45) is 0 Å². The van der Waals surface area contributed by atoms with Crippen molar-refractivity contribution in [2.75, 3.05) is 21.2 Å². The number of carbonyl (C=O) groups excluding carboxylic acids is 3. The molecule has 10 heteroatoms. The zero-order chi connectivity index (χ0) is 24.3. The highest BCUT2D eigenvalue weighted by Gasteiger charge is 2.24. The third kappa shape index (κ3) is 5.12. The molecule has 0 spiro atoms. The summed E-state index contributed by atoms with van der Waals surface area (Å²) in [7, 11) is 4.40. The van der Waals surface area contributed by atoms with Crippen LogP contribution in [0.1, 0.15) is 13.8 Å². The van der Waals surface area contributed by atoms with Gasteiger partial charge in [0, 0.05) is 45.6 Å². The fraction of sp³-hybridized carbons (Fsp3) is 0.217. The Balaban J connectivity index is 2.13. The van der Waals surface area contributed by atoms with Gasteiger partial charge in [-0.15, -0.1) is 0 Å². The highest BCUT2D eigenvalue weighted by atomic mass is 16.6. The van der Waals surface area contributed by atoms with Crippen molar-refractivity contribution in [3.63, 3.8) is 0 Å². The van der Waals surface area contributed by atoms with E-state index < -0.39 is 23.5 Å². The second-order valence-electron chi connectivity index (χ2n) is 7.06. The summed E-state index contributed by atoms with van der Waals surface area (Å²) < 4.78 is 26.6. The van der Waals surface area contributed by atoms with Gasteiger partial charge in [0.15, 0.2) is 16.9 Å². The quantitative estimate of drug-likeness (QED) is 0.421. The van der Waals surface area contributed by atoms with E-state index in [2.05, 4.69) is 0 Å². The van der Waals surface area contributed by atoms with Crippen LogP contribution in [0.15, 0.2) is 45.6 Å². The molecule has 33 heavy (non-hydrogen) atoms. The van der Waals surface area contributed by atoms with Crippen LogP contribution < -0.4 is 24.4 Å². The summed E-state index contributed by atoms with van der Waals surface area (Å²) in [6.45, 7) is 2.33. The van der Waals surface area contributed by atoms with Crippen molar-refractivity contribution in [3.05, 3.63) is 46.6 Å². The second-order valence-corrected chi connectivity index (χ2v) is 7.06. The predicted molar refractivity (Wildman–Crippen MR) is 117 cm³/mol. The first-order valence-electron chi connectivity index (χ1n) is 9.66. The molecule has 2 aromatic carbocycles. The van der Waals surface area contributed by atoms with E-state index in [1.807, 2.05) is 0 Å². The zero-order valence-electron chi connectivity index (χ0n) is 18.6. The zero-order valence-corrected chi connectivity index (χ0v) is 18.6. The van der Waals surface area contributed by atoms with E-state index in [0.29, 0.717) is 11.3 Å². The first-order chi connectivity index (χ1) is 15.6. The molecule has 0 fully saturated rings. The van der Waals surface area contributed by atoms with Crippen LogP contribution in [0, 0.1) is 0 Å². The van der Waals surface area contributed by atoms with Crippen LogP contribution in [0.3, 0.4) is 0 Å². The van der Waals surface area contributed by atoms with Crippen LogP contribution >= 0.6 is 0 Å². The van der Waals surface area contributed by atoms with Crippen molar-refractivity contribution in [3.8, 4) is 34.3 Å². The molecule has 0 N–H and O–H groups in total. The lowest BCUT2D eigenvalue weighted by Gasteiger charge is -2.15. The Morgan fingerprint density at radius 2 is 1.52 bits per heavy atom. The van der Waals surface area contributed by atoms with Gasteiger partial charge >= 0.3 is 18.0 Å². The van der Waals surface area contributed by atoms with Crippen molar-refractivity contribution in [2.45, 2.75) is 13.8 Å². The van der Waals surface area contributed by atoms with E-state index in [0.717, 1.165) is 6.92 Å². The van der Waals surface area contributed by atoms with Crippen LogP contribution in [0.5, 0.6) is 23.0 Å². The van der Waals surface area contributed by atoms with Crippen molar-refractivity contribution < 1.29 is 37.7 Å². The number of benzene rings is 2. The molecule has 0 saturated carbocycles. The molecular weight excluding hydrogens is 434 g/mol. The summed E-state index contributed by atoms with van der Waals surface area (Å²) in [6, 6.07) is 8.84. The lowest BCUT2D eigenvalue weighted by Crippen LogP contribution is -2.25. The first kappa shape index (κ1) is 23.3. The molecule has 172 valence electrons. The van der Waals surface area contributed by atoms with Gasteiger partial charge in [0.05, 0.1) is 7.11 Å². The van der Waals surface area contributed by atoms with Crippen LogP contribution in [-0.2, 0) is 9.59 Å². The fourth-order valence-electron chi connectivity index (χ4n) is 2.93. The highest BCUT2D eigenvalue weighted by Crippen LogP contribution is 2.43. The van der Waals surface area contributed by atoms with Gasteiger partial charge in [-0.1, -0.05) is 0 Å². The summed E-state index contributed by atoms with van der Waals surface area (Å²) in [5.41, 5.74) is 0.0920. The lowest BCUT2D eigenvalue weighted by molar-refractivity contribution is -0.134. The topological polar surface area (TPSA) is 122 Å². The van der Waals surface area contributed by atoms with Crippen LogP contribution in [0.25, 0.3) is 22.3 Å². The molecule has 3 aromatic rings. The predicted octanol–water partition coefficient (Wildman–Crippen LogP) is 3.38. The Kier molecular flexibility index (Phi) is 6.67. The third-order valence-corrected chi connectivity index (χ3v) is 4.31. The number of nitrogens with zero attached hydrogens (tertiary/aromatic N) is 1. The minimum atomic E-state index is -0.697. The van der Waals surface area contributed by atoms with Gasteiger partial charge in [-0.2, -0.15) is 0 Å². The standard InChI is InChI=1S/C23H21NO9/c1-12(25)30-19-11-18-20(22(29-5)21(19)31-13(2)26)16(27)10-17(33-18)14-6-8-15(9-7-14)32-23(28)24(3)4/h6-11H,1-5H3. The average Bonchev–Trinajstić information content (AvgIpc) is 2.74. The molecule has 0 saturated heterocycles. The Bertz CT molecular complexity index is 1290. The molecule has 0 aliphatic rings. The number of amides is 1. The molecule has 0 aliphatic heterocycles. The monoisotopic (exact) mass is 455 g/mol. The SMILES string of the molecule is COc1c(OC(C)=O)c(OC(C)=O)cc2oc(-c3ccc(OC(=O)N(C)C)cc3)cc(=O)c12. The minimum absolute atomic E-state index is 0.00457. The molecule has 0 atom stereocenters. The summed E-state index contributed by atoms with van der Waals surface area (Å²) in [5.74, 6) is -1.32. The van der Waals surface area contributed by atoms with Crippen LogP contribution in [0.4, 0.5) is 4.79 Å². The van der Waals surface area contributed by atoms with Crippen LogP contribution in [-0.4, -0.2) is 44.1 Å². The Labute approximate surface area is 188 Å². The molecule has 1 heterocycles. The molecule has 0 unspecified atom stereocenters. The van der Waals surface area contributed by atoms with Crippen molar-refractivity contribution in [1.29, 1.82) is 0 Å². The number of esters is 2. The molecule has 0 bridgehead atoms. The van der Waals surface area contributed by atoms with Gasteiger partial charge in [0.2, 0.25) is 5.75 Å². The molecule has 0 aliphatic carbocycles. The number of carbonyl (C=O) groups is 3. The van der Waals surface area contributed by atoms with Crippen molar-refractivity contribution in [1.82, 2.24) is 4.90 Å². The fourth-order valence-corrected chi connectivity index (χ4v) is 2.93. The summed E-state index contributed by atoms with van der Waals surface area (Å²) in [6.07, 6.45) is -0.534. The molecular formula is C23H21NO9. The average molecular weight is 455 g/mol. The largest absolute Gasteiger partial charge is 0.492 e. The normalized spacial score (nSPS) is 10.5. The third-order valence-electron chi connectivity index (χ3n) is 4.31. The number of methoxy groups -OCH3 is 1. The maximum atomic E-state index is 12.9. The molecule has 0 radical (unpaired) electrons. The maximum absolute atomic E-state index is 12.9. The molecule has 1 aromatic heterocycles. The van der Waals surface area contributed by atoms with Gasteiger partial charge in [-0.3, -0.25) is 14.4 Å². The van der Waals surface area contributed by atoms with Crippen molar-refractivity contribution >= 4 is 29.0 Å². The smallest absolute Gasteiger partial charge is 0.414 e. The van der Waals surface area contributed by atoms with Gasteiger partial charge in [-0.25, -0.2) is 4.79 Å². The summed E-state index contributed by atoms with van der Waals surface area (Å²) >= 11 is 0. The summed E-state index contributed by atoms with van der Waals surface area (Å²) in [5, 5.41) is 0.00457. The van der Waals surface area contributed by atoms with E-state index in [1.54, 1.807) is 38.4 Å². The van der Waals surface area contributed by atoms with Gasteiger partial charge in [0.25, 0.3) is 0 Å². The molecule has 3 rings (SSSR count). The molecule has 1 amide bonds. The lowest BCUT2D eigenvalue weighted by atomic mass is 10.1. The van der Waals surface area contributed by atoms with E-state index in [1.165, 1.54) is 31.1 Å². The van der Waals surface area contributed by atoms with Gasteiger partial charge in [0.1, 0.15) is 22.5 Å². The Hall–Kier alpha value is -4.34. The van der Waals surface area contributed by atoms with E-state index in [-0.39, 0.29) is 34.0 Å². The molecule has 10 nitrogen and oxygen atoms in total. The second kappa shape index (κ2) is 9.43. The summed E-state index contributed by atoms with van der Waals surface area (Å²) in [4.78, 5) is 49.0. The number of ether oxygens (including phenoxy) is 4. The number of rotatable bonds is 5.